The van der Waals surface area contributed by atoms with E-state index in [0.717, 1.165) is 28.7 Å². The van der Waals surface area contributed by atoms with E-state index in [4.69, 9.17) is 4.74 Å². The van der Waals surface area contributed by atoms with Gasteiger partial charge in [-0.3, -0.25) is 4.79 Å². The number of carboxylic acids is 1. The van der Waals surface area contributed by atoms with Gasteiger partial charge in [0.25, 0.3) is 0 Å². The molecule has 2 atom stereocenters. The van der Waals surface area contributed by atoms with Gasteiger partial charge in [-0.25, -0.2) is 9.59 Å². The summed E-state index contributed by atoms with van der Waals surface area (Å²) in [7, 11) is 0. The van der Waals surface area contributed by atoms with E-state index < -0.39 is 23.5 Å². The SMILES string of the molecule is CC1CCC(C(=O)O)N(C(=O)C(C)(C)CNC(=O)OCC2c3ccccc3-c3ccccc32)C1. The molecule has 2 amide bonds. The highest BCUT2D eigenvalue weighted by atomic mass is 16.5. The number of carboxylic acid groups (broad SMARTS) is 1. The molecule has 0 aromatic heterocycles. The smallest absolute Gasteiger partial charge is 0.407 e. The zero-order valence-electron chi connectivity index (χ0n) is 19.9. The predicted molar refractivity (Wildman–Crippen MR) is 128 cm³/mol. The largest absolute Gasteiger partial charge is 0.480 e. The van der Waals surface area contributed by atoms with Crippen LogP contribution >= 0.6 is 0 Å². The van der Waals surface area contributed by atoms with Crippen molar-refractivity contribution in [1.82, 2.24) is 10.2 Å². The lowest BCUT2D eigenvalue weighted by molar-refractivity contribution is -0.157. The van der Waals surface area contributed by atoms with Crippen molar-refractivity contribution in [2.24, 2.45) is 11.3 Å². The molecule has 0 saturated carbocycles. The molecule has 1 heterocycles. The molecule has 1 aliphatic carbocycles. The van der Waals surface area contributed by atoms with Gasteiger partial charge in [-0.15, -0.1) is 0 Å². The van der Waals surface area contributed by atoms with Crippen LogP contribution in [-0.4, -0.2) is 53.7 Å². The zero-order valence-corrected chi connectivity index (χ0v) is 19.9. The second kappa shape index (κ2) is 9.49. The van der Waals surface area contributed by atoms with Crippen molar-refractivity contribution in [3.05, 3.63) is 59.7 Å². The molecule has 7 heteroatoms. The van der Waals surface area contributed by atoms with Crippen LogP contribution in [0.2, 0.25) is 0 Å². The van der Waals surface area contributed by atoms with Crippen LogP contribution in [-0.2, 0) is 14.3 Å². The third-order valence-electron chi connectivity index (χ3n) is 6.96. The number of amides is 2. The first-order chi connectivity index (χ1) is 16.2. The van der Waals surface area contributed by atoms with E-state index in [1.807, 2.05) is 31.2 Å². The third kappa shape index (κ3) is 4.65. The molecule has 34 heavy (non-hydrogen) atoms. The first-order valence-corrected chi connectivity index (χ1v) is 11.8. The summed E-state index contributed by atoms with van der Waals surface area (Å²) in [5.41, 5.74) is 3.61. The Morgan fingerprint density at radius 2 is 1.62 bits per heavy atom. The van der Waals surface area contributed by atoms with Gasteiger partial charge in [-0.1, -0.05) is 55.5 Å². The number of aliphatic carboxylic acids is 1. The fourth-order valence-corrected chi connectivity index (χ4v) is 5.04. The van der Waals surface area contributed by atoms with E-state index in [-0.39, 0.29) is 30.9 Å². The molecule has 0 radical (unpaired) electrons. The van der Waals surface area contributed by atoms with Crippen molar-refractivity contribution in [2.45, 2.75) is 45.6 Å². The Hall–Kier alpha value is -3.35. The Labute approximate surface area is 200 Å². The molecule has 1 fully saturated rings. The van der Waals surface area contributed by atoms with Crippen molar-refractivity contribution < 1.29 is 24.2 Å². The minimum absolute atomic E-state index is 0.0426. The zero-order chi connectivity index (χ0) is 24.5. The van der Waals surface area contributed by atoms with Crippen molar-refractivity contribution in [3.63, 3.8) is 0 Å². The van der Waals surface area contributed by atoms with Crippen LogP contribution in [0.25, 0.3) is 11.1 Å². The number of piperidine rings is 1. The molecular formula is C27H32N2O5. The molecule has 2 aromatic carbocycles. The third-order valence-corrected chi connectivity index (χ3v) is 6.96. The van der Waals surface area contributed by atoms with E-state index in [1.54, 1.807) is 13.8 Å². The molecule has 1 aliphatic heterocycles. The molecular weight excluding hydrogens is 432 g/mol. The van der Waals surface area contributed by atoms with E-state index in [2.05, 4.69) is 29.6 Å². The summed E-state index contributed by atoms with van der Waals surface area (Å²) in [6.45, 7) is 6.11. The van der Waals surface area contributed by atoms with Gasteiger partial charge in [-0.05, 0) is 54.9 Å². The summed E-state index contributed by atoms with van der Waals surface area (Å²) in [5.74, 6) is -1.06. The number of benzene rings is 2. The number of alkyl carbamates (subject to hydrolysis) is 1. The maximum Gasteiger partial charge on any atom is 0.407 e. The number of hydrogen-bond acceptors (Lipinski definition) is 4. The molecule has 2 aliphatic rings. The minimum atomic E-state index is -0.986. The van der Waals surface area contributed by atoms with Crippen molar-refractivity contribution >= 4 is 18.0 Å². The standard InChI is InChI=1S/C27H32N2O5/c1-17-12-13-23(24(30)31)29(14-17)25(32)27(2,3)16-28-26(33)34-15-22-20-10-6-4-8-18(20)19-9-5-7-11-21(19)22/h4-11,17,22-23H,12-16H2,1-3H3,(H,28,33)(H,30,31). The van der Waals surface area contributed by atoms with Crippen LogP contribution < -0.4 is 5.32 Å². The predicted octanol–water partition coefficient (Wildman–Crippen LogP) is 4.26. The van der Waals surface area contributed by atoms with Gasteiger partial charge in [0.15, 0.2) is 0 Å². The van der Waals surface area contributed by atoms with E-state index >= 15 is 0 Å². The fraction of sp³-hybridized carbons (Fsp3) is 0.444. The number of carbonyl (C=O) groups is 3. The lowest BCUT2D eigenvalue weighted by atomic mass is 9.87. The monoisotopic (exact) mass is 464 g/mol. The highest BCUT2D eigenvalue weighted by Gasteiger charge is 2.41. The Bertz CT molecular complexity index is 1050. The molecule has 2 unspecified atom stereocenters. The number of hydrogen-bond donors (Lipinski definition) is 2. The van der Waals surface area contributed by atoms with Crippen molar-refractivity contribution in [2.75, 3.05) is 19.7 Å². The minimum Gasteiger partial charge on any atom is -0.480 e. The van der Waals surface area contributed by atoms with Gasteiger partial charge in [0.05, 0.1) is 5.41 Å². The van der Waals surface area contributed by atoms with E-state index in [0.29, 0.717) is 13.0 Å². The van der Waals surface area contributed by atoms with Gasteiger partial charge in [-0.2, -0.15) is 0 Å². The second-order valence-electron chi connectivity index (χ2n) is 10.1. The highest BCUT2D eigenvalue weighted by molar-refractivity contribution is 5.88. The van der Waals surface area contributed by atoms with Crippen LogP contribution in [0.3, 0.4) is 0 Å². The van der Waals surface area contributed by atoms with Gasteiger partial charge in [0.2, 0.25) is 5.91 Å². The number of likely N-dealkylation sites (tertiary alicyclic amines) is 1. The summed E-state index contributed by atoms with van der Waals surface area (Å²) >= 11 is 0. The first-order valence-electron chi connectivity index (χ1n) is 11.8. The van der Waals surface area contributed by atoms with Crippen LogP contribution in [0.5, 0.6) is 0 Å². The van der Waals surface area contributed by atoms with Crippen molar-refractivity contribution in [1.29, 1.82) is 0 Å². The molecule has 1 saturated heterocycles. The second-order valence-corrected chi connectivity index (χ2v) is 10.1. The molecule has 180 valence electrons. The summed E-state index contributed by atoms with van der Waals surface area (Å²) in [6.07, 6.45) is 0.627. The normalized spacial score (nSPS) is 19.8. The van der Waals surface area contributed by atoms with Crippen LogP contribution in [0.15, 0.2) is 48.5 Å². The number of rotatable bonds is 6. The Morgan fingerprint density at radius 1 is 1.03 bits per heavy atom. The van der Waals surface area contributed by atoms with Gasteiger partial charge in [0.1, 0.15) is 12.6 Å². The van der Waals surface area contributed by atoms with Crippen molar-refractivity contribution in [3.8, 4) is 11.1 Å². The van der Waals surface area contributed by atoms with Gasteiger partial charge >= 0.3 is 12.1 Å². The molecule has 0 bridgehead atoms. The summed E-state index contributed by atoms with van der Waals surface area (Å²) < 4.78 is 5.57. The Kier molecular flexibility index (Phi) is 6.64. The average molecular weight is 465 g/mol. The lowest BCUT2D eigenvalue weighted by Crippen LogP contribution is -2.56. The van der Waals surface area contributed by atoms with Crippen LogP contribution in [0.4, 0.5) is 4.79 Å². The molecule has 0 spiro atoms. The topological polar surface area (TPSA) is 95.9 Å². The molecule has 2 aromatic rings. The highest BCUT2D eigenvalue weighted by Crippen LogP contribution is 2.44. The van der Waals surface area contributed by atoms with E-state index in [9.17, 15) is 19.5 Å². The molecule has 4 rings (SSSR count). The Morgan fingerprint density at radius 3 is 2.21 bits per heavy atom. The number of nitrogens with zero attached hydrogens (tertiary/aromatic N) is 1. The van der Waals surface area contributed by atoms with Crippen LogP contribution in [0.1, 0.15) is 50.7 Å². The Balaban J connectivity index is 1.37. The quantitative estimate of drug-likeness (QED) is 0.666. The molecule has 2 N–H and O–H groups in total. The summed E-state index contributed by atoms with van der Waals surface area (Å²) in [6, 6.07) is 15.4. The number of nitrogens with one attached hydrogen (secondary N) is 1. The maximum atomic E-state index is 13.2. The van der Waals surface area contributed by atoms with Crippen LogP contribution in [0, 0.1) is 11.3 Å². The van der Waals surface area contributed by atoms with Gasteiger partial charge in [0, 0.05) is 19.0 Å². The maximum absolute atomic E-state index is 13.2. The number of ether oxygens (including phenoxy) is 1. The fourth-order valence-electron chi connectivity index (χ4n) is 5.04. The summed E-state index contributed by atoms with van der Waals surface area (Å²) in [4.78, 5) is 38.9. The average Bonchev–Trinajstić information content (AvgIpc) is 3.14. The molecule has 7 nitrogen and oxygen atoms in total. The van der Waals surface area contributed by atoms with Gasteiger partial charge < -0.3 is 20.1 Å². The van der Waals surface area contributed by atoms with E-state index in [1.165, 1.54) is 4.90 Å². The summed E-state index contributed by atoms with van der Waals surface area (Å²) in [5, 5.41) is 12.3. The number of fused-ring (bicyclic) bond motifs is 3. The number of carbonyl (C=O) groups excluding carboxylic acids is 2. The lowest BCUT2D eigenvalue weighted by Gasteiger charge is -2.40. The first kappa shape index (κ1) is 23.8.